The average Bonchev–Trinajstić information content (AvgIpc) is 2.30. The summed E-state index contributed by atoms with van der Waals surface area (Å²) in [5, 5.41) is 4.03. The van der Waals surface area contributed by atoms with Crippen LogP contribution >= 0.6 is 34.2 Å². The minimum absolute atomic E-state index is 0.242. The van der Waals surface area contributed by atoms with Crippen LogP contribution in [0.1, 0.15) is 19.4 Å². The van der Waals surface area contributed by atoms with E-state index in [2.05, 4.69) is 5.10 Å². The minimum atomic E-state index is -0.242. The molecule has 11 heavy (non-hydrogen) atoms. The third-order valence-electron chi connectivity index (χ3n) is 1.22. The summed E-state index contributed by atoms with van der Waals surface area (Å²) >= 11 is 7.75. The molecule has 3 nitrogen and oxygen atoms in total. The number of halogens is 2. The normalized spacial score (nSPS) is 13.0. The van der Waals surface area contributed by atoms with Gasteiger partial charge in [-0.2, -0.15) is 5.10 Å². The number of rotatable bonds is 2. The van der Waals surface area contributed by atoms with E-state index in [1.54, 1.807) is 17.9 Å². The molecule has 0 spiro atoms. The minimum Gasteiger partial charge on any atom is -0.298 e. The molecular formula is C6H6ClIN2O. The lowest BCUT2D eigenvalue weighted by Crippen LogP contribution is -1.90. The summed E-state index contributed by atoms with van der Waals surface area (Å²) in [5.41, 5.74) is 1.19. The first-order chi connectivity index (χ1) is 5.15. The Balaban J connectivity index is 3.11. The van der Waals surface area contributed by atoms with E-state index in [9.17, 15) is 4.79 Å². The zero-order valence-corrected chi connectivity index (χ0v) is 8.70. The SMILES string of the molecule is Cn1cc(C=O)c(C(Cl)I)n1. The van der Waals surface area contributed by atoms with Gasteiger partial charge in [-0.15, -0.1) is 11.6 Å². The first-order valence-electron chi connectivity index (χ1n) is 2.92. The molecule has 0 aromatic carbocycles. The highest BCUT2D eigenvalue weighted by Gasteiger charge is 2.12. The Morgan fingerprint density at radius 1 is 1.91 bits per heavy atom. The maximum atomic E-state index is 10.4. The molecule has 0 amide bonds. The number of aryl methyl sites for hydroxylation is 1. The van der Waals surface area contributed by atoms with Crippen molar-refractivity contribution in [3.8, 4) is 0 Å². The Labute approximate surface area is 82.9 Å². The largest absolute Gasteiger partial charge is 0.298 e. The van der Waals surface area contributed by atoms with Gasteiger partial charge in [0.2, 0.25) is 0 Å². The van der Waals surface area contributed by atoms with Crippen molar-refractivity contribution in [2.75, 3.05) is 0 Å². The smallest absolute Gasteiger partial charge is 0.153 e. The fraction of sp³-hybridized carbons (Fsp3) is 0.333. The molecule has 0 aliphatic heterocycles. The lowest BCUT2D eigenvalue weighted by atomic mass is 10.3. The Bertz CT molecular complexity index is 272. The van der Waals surface area contributed by atoms with Crippen LogP contribution in [-0.4, -0.2) is 16.1 Å². The van der Waals surface area contributed by atoms with Crippen LogP contribution < -0.4 is 0 Å². The topological polar surface area (TPSA) is 34.9 Å². The molecule has 0 saturated carbocycles. The first-order valence-corrected chi connectivity index (χ1v) is 4.60. The van der Waals surface area contributed by atoms with Crippen LogP contribution in [0.15, 0.2) is 6.20 Å². The van der Waals surface area contributed by atoms with E-state index in [1.165, 1.54) is 0 Å². The quantitative estimate of drug-likeness (QED) is 0.472. The van der Waals surface area contributed by atoms with Crippen molar-refractivity contribution in [3.05, 3.63) is 17.5 Å². The lowest BCUT2D eigenvalue weighted by molar-refractivity contribution is 0.112. The third kappa shape index (κ3) is 1.93. The van der Waals surface area contributed by atoms with Crippen LogP contribution in [0, 0.1) is 0 Å². The molecule has 0 fully saturated rings. The Morgan fingerprint density at radius 3 is 2.91 bits per heavy atom. The highest BCUT2D eigenvalue weighted by atomic mass is 127. The van der Waals surface area contributed by atoms with E-state index in [0.29, 0.717) is 11.3 Å². The van der Waals surface area contributed by atoms with Crippen molar-refractivity contribution in [2.45, 2.75) is 3.38 Å². The molecule has 0 aliphatic rings. The van der Waals surface area contributed by atoms with Gasteiger partial charge in [0.1, 0.15) is 9.08 Å². The monoisotopic (exact) mass is 284 g/mol. The molecule has 0 radical (unpaired) electrons. The third-order valence-corrected chi connectivity index (χ3v) is 2.02. The Morgan fingerprint density at radius 2 is 2.55 bits per heavy atom. The van der Waals surface area contributed by atoms with Crippen LogP contribution in [0.3, 0.4) is 0 Å². The number of carbonyl (C=O) groups is 1. The lowest BCUT2D eigenvalue weighted by Gasteiger charge is -1.94. The summed E-state index contributed by atoms with van der Waals surface area (Å²) in [5.74, 6) is 0. The van der Waals surface area contributed by atoms with Crippen molar-refractivity contribution in [1.82, 2.24) is 9.78 Å². The van der Waals surface area contributed by atoms with Crippen molar-refractivity contribution in [1.29, 1.82) is 0 Å². The molecule has 1 aromatic rings. The maximum absolute atomic E-state index is 10.4. The number of alkyl halides is 2. The molecule has 1 heterocycles. The molecule has 0 aliphatic carbocycles. The molecular weight excluding hydrogens is 278 g/mol. The first kappa shape index (κ1) is 8.99. The molecule has 5 heteroatoms. The molecule has 1 atom stereocenters. The predicted molar refractivity (Wildman–Crippen MR) is 51.2 cm³/mol. The molecule has 60 valence electrons. The summed E-state index contributed by atoms with van der Waals surface area (Å²) in [6.45, 7) is 0. The summed E-state index contributed by atoms with van der Waals surface area (Å²) in [4.78, 5) is 10.4. The molecule has 0 bridgehead atoms. The van der Waals surface area contributed by atoms with Gasteiger partial charge in [0, 0.05) is 13.2 Å². The number of aromatic nitrogens is 2. The molecule has 1 rings (SSSR count). The standard InChI is InChI=1S/C6H6ClIN2O/c1-10-2-4(3-11)5(9-10)6(7)8/h2-3,6H,1H3. The summed E-state index contributed by atoms with van der Waals surface area (Å²) in [7, 11) is 1.76. The second-order valence-electron chi connectivity index (χ2n) is 2.06. The van der Waals surface area contributed by atoms with Gasteiger partial charge < -0.3 is 0 Å². The highest BCUT2D eigenvalue weighted by Crippen LogP contribution is 2.27. The van der Waals surface area contributed by atoms with Gasteiger partial charge in [-0.25, -0.2) is 0 Å². The number of aldehydes is 1. The molecule has 0 N–H and O–H groups in total. The number of nitrogens with zero attached hydrogens (tertiary/aromatic N) is 2. The average molecular weight is 284 g/mol. The molecule has 0 saturated heterocycles. The predicted octanol–water partition coefficient (Wildman–Crippen LogP) is 1.90. The zero-order chi connectivity index (χ0) is 8.43. The van der Waals surface area contributed by atoms with Crippen molar-refractivity contribution in [3.63, 3.8) is 0 Å². The van der Waals surface area contributed by atoms with E-state index >= 15 is 0 Å². The number of carbonyl (C=O) groups excluding carboxylic acids is 1. The van der Waals surface area contributed by atoms with Gasteiger partial charge in [0.05, 0.1) is 5.56 Å². The van der Waals surface area contributed by atoms with Gasteiger partial charge in [-0.05, 0) is 0 Å². The van der Waals surface area contributed by atoms with Gasteiger partial charge in [-0.1, -0.05) is 22.6 Å². The van der Waals surface area contributed by atoms with Crippen molar-refractivity contribution >= 4 is 40.5 Å². The van der Waals surface area contributed by atoms with E-state index < -0.39 is 0 Å². The summed E-state index contributed by atoms with van der Waals surface area (Å²) in [6, 6.07) is 0. The van der Waals surface area contributed by atoms with Gasteiger partial charge in [-0.3, -0.25) is 9.48 Å². The zero-order valence-electron chi connectivity index (χ0n) is 5.79. The van der Waals surface area contributed by atoms with Crippen LogP contribution in [0.4, 0.5) is 0 Å². The van der Waals surface area contributed by atoms with Crippen molar-refractivity contribution in [2.24, 2.45) is 7.05 Å². The van der Waals surface area contributed by atoms with Crippen LogP contribution in [0.25, 0.3) is 0 Å². The van der Waals surface area contributed by atoms with E-state index in [0.717, 1.165) is 6.29 Å². The number of hydrogen-bond acceptors (Lipinski definition) is 2. The van der Waals surface area contributed by atoms with Gasteiger partial charge >= 0.3 is 0 Å². The maximum Gasteiger partial charge on any atom is 0.153 e. The van der Waals surface area contributed by atoms with Crippen LogP contribution in [0.2, 0.25) is 0 Å². The second-order valence-corrected chi connectivity index (χ2v) is 4.48. The van der Waals surface area contributed by atoms with Crippen LogP contribution in [0.5, 0.6) is 0 Å². The fourth-order valence-corrected chi connectivity index (χ4v) is 1.44. The highest BCUT2D eigenvalue weighted by molar-refractivity contribution is 14.1. The van der Waals surface area contributed by atoms with E-state index in [4.69, 9.17) is 11.6 Å². The molecule has 1 aromatic heterocycles. The Hall–Kier alpha value is -0.100. The van der Waals surface area contributed by atoms with Gasteiger partial charge in [0.15, 0.2) is 6.29 Å². The van der Waals surface area contributed by atoms with E-state index in [1.807, 2.05) is 22.6 Å². The second kappa shape index (κ2) is 3.53. The number of hydrogen-bond donors (Lipinski definition) is 0. The van der Waals surface area contributed by atoms with Crippen molar-refractivity contribution < 1.29 is 4.79 Å². The summed E-state index contributed by atoms with van der Waals surface area (Å²) in [6.07, 6.45) is 2.41. The molecule has 1 unspecified atom stereocenters. The van der Waals surface area contributed by atoms with E-state index in [-0.39, 0.29) is 3.38 Å². The Kier molecular flexibility index (Phi) is 2.89. The van der Waals surface area contributed by atoms with Crippen LogP contribution in [-0.2, 0) is 7.05 Å². The fourth-order valence-electron chi connectivity index (χ4n) is 0.784. The summed E-state index contributed by atoms with van der Waals surface area (Å²) < 4.78 is 1.33. The van der Waals surface area contributed by atoms with Gasteiger partial charge in [0.25, 0.3) is 0 Å².